The topological polar surface area (TPSA) is 41.1 Å². The molecule has 0 aromatic heterocycles. The van der Waals surface area contributed by atoms with Gasteiger partial charge in [0.1, 0.15) is 0 Å². The highest BCUT2D eigenvalue weighted by molar-refractivity contribution is 6.31. The number of carbonyl (C=O) groups is 1. The van der Waals surface area contributed by atoms with Gasteiger partial charge >= 0.3 is 0 Å². The Kier molecular flexibility index (Phi) is 7.53. The predicted octanol–water partition coefficient (Wildman–Crippen LogP) is 2.98. The molecule has 4 heteroatoms. The minimum absolute atomic E-state index is 0.0527. The monoisotopic (exact) mass is 282 g/mol. The molecule has 0 unspecified atom stereocenters. The molecule has 1 aromatic rings. The molecule has 0 atom stereocenters. The van der Waals surface area contributed by atoms with Gasteiger partial charge in [0.25, 0.3) is 0 Å². The zero-order valence-electron chi connectivity index (χ0n) is 11.7. The fraction of sp³-hybridized carbons (Fsp3) is 0.533. The van der Waals surface area contributed by atoms with E-state index in [1.54, 1.807) is 0 Å². The number of amides is 1. The first-order valence-electron chi connectivity index (χ1n) is 6.80. The van der Waals surface area contributed by atoms with Gasteiger partial charge in [-0.25, -0.2) is 0 Å². The average molecular weight is 283 g/mol. The third-order valence-electron chi connectivity index (χ3n) is 2.86. The lowest BCUT2D eigenvalue weighted by Gasteiger charge is -2.08. The van der Waals surface area contributed by atoms with Gasteiger partial charge in [0.05, 0.1) is 0 Å². The highest BCUT2D eigenvalue weighted by atomic mass is 35.5. The standard InChI is InChI=1S/C15H23ClN2O/c1-12(2)7-9-17-10-8-15(19)18-11-13-5-3-4-6-14(13)16/h3-6,12,17H,7-11H2,1-2H3,(H,18,19). The molecule has 1 amide bonds. The van der Waals surface area contributed by atoms with Crippen LogP contribution in [0.2, 0.25) is 5.02 Å². The summed E-state index contributed by atoms with van der Waals surface area (Å²) < 4.78 is 0. The van der Waals surface area contributed by atoms with Crippen molar-refractivity contribution in [3.8, 4) is 0 Å². The first-order valence-corrected chi connectivity index (χ1v) is 7.18. The number of halogens is 1. The van der Waals surface area contributed by atoms with E-state index in [2.05, 4.69) is 24.5 Å². The second kappa shape index (κ2) is 8.94. The van der Waals surface area contributed by atoms with Crippen molar-refractivity contribution in [3.63, 3.8) is 0 Å². The van der Waals surface area contributed by atoms with Gasteiger partial charge in [0, 0.05) is 24.5 Å². The van der Waals surface area contributed by atoms with E-state index in [1.807, 2.05) is 24.3 Å². The van der Waals surface area contributed by atoms with Crippen LogP contribution in [0.15, 0.2) is 24.3 Å². The van der Waals surface area contributed by atoms with Crippen molar-refractivity contribution in [2.24, 2.45) is 5.92 Å². The predicted molar refractivity (Wildman–Crippen MR) is 80.2 cm³/mol. The lowest BCUT2D eigenvalue weighted by Crippen LogP contribution is -2.28. The van der Waals surface area contributed by atoms with Crippen LogP contribution >= 0.6 is 11.6 Å². The maximum Gasteiger partial charge on any atom is 0.221 e. The zero-order valence-corrected chi connectivity index (χ0v) is 12.5. The Balaban J connectivity index is 2.13. The van der Waals surface area contributed by atoms with Crippen molar-refractivity contribution in [2.75, 3.05) is 13.1 Å². The van der Waals surface area contributed by atoms with Crippen LogP contribution in [0.3, 0.4) is 0 Å². The lowest BCUT2D eigenvalue weighted by molar-refractivity contribution is -0.121. The first-order chi connectivity index (χ1) is 9.09. The molecule has 0 aliphatic heterocycles. The van der Waals surface area contributed by atoms with Crippen LogP contribution in [0.25, 0.3) is 0 Å². The molecule has 2 N–H and O–H groups in total. The van der Waals surface area contributed by atoms with Crippen molar-refractivity contribution < 1.29 is 4.79 Å². The number of hydrogen-bond acceptors (Lipinski definition) is 2. The molecule has 0 saturated carbocycles. The third kappa shape index (κ3) is 7.19. The third-order valence-corrected chi connectivity index (χ3v) is 3.23. The van der Waals surface area contributed by atoms with Gasteiger partial charge in [0.2, 0.25) is 5.91 Å². The molecule has 0 bridgehead atoms. The summed E-state index contributed by atoms with van der Waals surface area (Å²) in [5.74, 6) is 0.749. The molecule has 3 nitrogen and oxygen atoms in total. The first kappa shape index (κ1) is 16.0. The smallest absolute Gasteiger partial charge is 0.221 e. The van der Waals surface area contributed by atoms with Gasteiger partial charge in [0.15, 0.2) is 0 Å². The molecule has 19 heavy (non-hydrogen) atoms. The van der Waals surface area contributed by atoms with Gasteiger partial charge in [-0.2, -0.15) is 0 Å². The number of rotatable bonds is 8. The van der Waals surface area contributed by atoms with Gasteiger partial charge in [-0.15, -0.1) is 0 Å². The molecule has 0 heterocycles. The van der Waals surface area contributed by atoms with E-state index < -0.39 is 0 Å². The van der Waals surface area contributed by atoms with Crippen molar-refractivity contribution >= 4 is 17.5 Å². The van der Waals surface area contributed by atoms with Gasteiger partial charge < -0.3 is 10.6 Å². The van der Waals surface area contributed by atoms with E-state index in [-0.39, 0.29) is 5.91 Å². The second-order valence-corrected chi connectivity index (χ2v) is 5.46. The van der Waals surface area contributed by atoms with E-state index in [4.69, 9.17) is 11.6 Å². The Hall–Kier alpha value is -1.06. The molecule has 106 valence electrons. The van der Waals surface area contributed by atoms with Crippen LogP contribution in [0.5, 0.6) is 0 Å². The molecule has 0 aliphatic rings. The summed E-state index contributed by atoms with van der Waals surface area (Å²) in [6.07, 6.45) is 1.64. The molecule has 0 spiro atoms. The Morgan fingerprint density at radius 1 is 1.26 bits per heavy atom. The molecular formula is C15H23ClN2O. The quantitative estimate of drug-likeness (QED) is 0.720. The van der Waals surface area contributed by atoms with E-state index >= 15 is 0 Å². The Morgan fingerprint density at radius 2 is 2.00 bits per heavy atom. The SMILES string of the molecule is CC(C)CCNCCC(=O)NCc1ccccc1Cl. The van der Waals surface area contributed by atoms with Crippen molar-refractivity contribution in [1.29, 1.82) is 0 Å². The van der Waals surface area contributed by atoms with Crippen LogP contribution in [0, 0.1) is 5.92 Å². The van der Waals surface area contributed by atoms with Crippen LogP contribution in [-0.4, -0.2) is 19.0 Å². The van der Waals surface area contributed by atoms with E-state index in [0.29, 0.717) is 23.9 Å². The van der Waals surface area contributed by atoms with Gasteiger partial charge in [-0.1, -0.05) is 43.6 Å². The Labute approximate surface area is 120 Å². The van der Waals surface area contributed by atoms with E-state index in [0.717, 1.165) is 25.1 Å². The van der Waals surface area contributed by atoms with E-state index in [1.165, 1.54) is 0 Å². The maximum absolute atomic E-state index is 11.6. The summed E-state index contributed by atoms with van der Waals surface area (Å²) in [5, 5.41) is 6.84. The highest BCUT2D eigenvalue weighted by Crippen LogP contribution is 2.14. The minimum atomic E-state index is 0.0527. The van der Waals surface area contributed by atoms with Crippen LogP contribution in [0.1, 0.15) is 32.3 Å². The number of benzene rings is 1. The van der Waals surface area contributed by atoms with Gasteiger partial charge in [-0.3, -0.25) is 4.79 Å². The largest absolute Gasteiger partial charge is 0.352 e. The molecular weight excluding hydrogens is 260 g/mol. The minimum Gasteiger partial charge on any atom is -0.352 e. The van der Waals surface area contributed by atoms with Crippen molar-refractivity contribution in [3.05, 3.63) is 34.9 Å². The zero-order chi connectivity index (χ0) is 14.1. The molecule has 1 aromatic carbocycles. The fourth-order valence-corrected chi connectivity index (χ4v) is 1.84. The van der Waals surface area contributed by atoms with Crippen LogP contribution < -0.4 is 10.6 Å². The molecule has 0 fully saturated rings. The highest BCUT2D eigenvalue weighted by Gasteiger charge is 2.03. The van der Waals surface area contributed by atoms with Crippen LogP contribution in [-0.2, 0) is 11.3 Å². The maximum atomic E-state index is 11.6. The summed E-state index contributed by atoms with van der Waals surface area (Å²) in [5.41, 5.74) is 0.949. The molecule has 1 rings (SSSR count). The van der Waals surface area contributed by atoms with Crippen LogP contribution in [0.4, 0.5) is 0 Å². The fourth-order valence-electron chi connectivity index (χ4n) is 1.64. The lowest BCUT2D eigenvalue weighted by atomic mass is 10.1. The molecule has 0 saturated heterocycles. The second-order valence-electron chi connectivity index (χ2n) is 5.05. The summed E-state index contributed by atoms with van der Waals surface area (Å²) in [4.78, 5) is 11.6. The normalized spacial score (nSPS) is 10.7. The molecule has 0 aliphatic carbocycles. The Bertz CT molecular complexity index is 393. The summed E-state index contributed by atoms with van der Waals surface area (Å²) >= 11 is 6.02. The van der Waals surface area contributed by atoms with Crippen molar-refractivity contribution in [2.45, 2.75) is 33.2 Å². The number of carbonyl (C=O) groups excluding carboxylic acids is 1. The average Bonchev–Trinajstić information content (AvgIpc) is 2.37. The number of nitrogens with one attached hydrogen (secondary N) is 2. The van der Waals surface area contributed by atoms with Gasteiger partial charge in [-0.05, 0) is 30.5 Å². The molecule has 0 radical (unpaired) electrons. The number of hydrogen-bond donors (Lipinski definition) is 2. The van der Waals surface area contributed by atoms with E-state index in [9.17, 15) is 4.79 Å². The summed E-state index contributed by atoms with van der Waals surface area (Å²) in [6.45, 7) is 6.57. The summed E-state index contributed by atoms with van der Waals surface area (Å²) in [7, 11) is 0. The Morgan fingerprint density at radius 3 is 2.68 bits per heavy atom. The summed E-state index contributed by atoms with van der Waals surface area (Å²) in [6, 6.07) is 7.55. The van der Waals surface area contributed by atoms with Crippen molar-refractivity contribution in [1.82, 2.24) is 10.6 Å².